The molecule has 0 aliphatic carbocycles. The number of aromatic nitrogens is 1. The molecule has 0 aliphatic heterocycles. The van der Waals surface area contributed by atoms with Crippen LogP contribution in [0.4, 0.5) is 5.69 Å². The first kappa shape index (κ1) is 13.9. The van der Waals surface area contributed by atoms with Crippen LogP contribution in [0.3, 0.4) is 0 Å². The quantitative estimate of drug-likeness (QED) is 0.821. The van der Waals surface area contributed by atoms with E-state index in [2.05, 4.69) is 29.8 Å². The zero-order valence-electron chi connectivity index (χ0n) is 11.2. The Morgan fingerprint density at radius 1 is 1.47 bits per heavy atom. The molecule has 0 saturated heterocycles. The van der Waals surface area contributed by atoms with Gasteiger partial charge in [-0.25, -0.2) is 0 Å². The second kappa shape index (κ2) is 6.57. The fourth-order valence-corrected chi connectivity index (χ4v) is 1.64. The van der Waals surface area contributed by atoms with Crippen molar-refractivity contribution in [2.75, 3.05) is 25.7 Å². The molecule has 4 heteroatoms. The van der Waals surface area contributed by atoms with Gasteiger partial charge in [-0.05, 0) is 25.5 Å². The Balaban J connectivity index is 2.73. The summed E-state index contributed by atoms with van der Waals surface area (Å²) in [5.74, 6) is 0. The first-order valence-electron chi connectivity index (χ1n) is 6.03. The van der Waals surface area contributed by atoms with Gasteiger partial charge in [-0.1, -0.05) is 6.92 Å². The molecule has 2 atom stereocenters. The maximum atomic E-state index is 5.93. The number of ether oxygens (including phenoxy) is 1. The minimum Gasteiger partial charge on any atom is -0.383 e. The zero-order valence-corrected chi connectivity index (χ0v) is 11.2. The van der Waals surface area contributed by atoms with Gasteiger partial charge >= 0.3 is 0 Å². The SMILES string of the molecule is CC[C@H](N)c1ccc(N(C)C(C)COC)cn1. The number of anilines is 1. The Hall–Kier alpha value is -1.13. The van der Waals surface area contributed by atoms with E-state index in [1.807, 2.05) is 19.3 Å². The van der Waals surface area contributed by atoms with Crippen molar-refractivity contribution in [3.8, 4) is 0 Å². The van der Waals surface area contributed by atoms with Crippen LogP contribution in [0.15, 0.2) is 18.3 Å². The first-order valence-corrected chi connectivity index (χ1v) is 6.03. The molecular formula is C13H23N3O. The zero-order chi connectivity index (χ0) is 12.8. The van der Waals surface area contributed by atoms with Crippen molar-refractivity contribution in [3.05, 3.63) is 24.0 Å². The number of hydrogen-bond donors (Lipinski definition) is 1. The summed E-state index contributed by atoms with van der Waals surface area (Å²) in [5, 5.41) is 0. The summed E-state index contributed by atoms with van der Waals surface area (Å²) in [6, 6.07) is 4.42. The summed E-state index contributed by atoms with van der Waals surface area (Å²) in [7, 11) is 3.76. The van der Waals surface area contributed by atoms with Crippen molar-refractivity contribution in [1.29, 1.82) is 0 Å². The van der Waals surface area contributed by atoms with Gasteiger partial charge in [0.2, 0.25) is 0 Å². The lowest BCUT2D eigenvalue weighted by molar-refractivity contribution is 0.183. The van der Waals surface area contributed by atoms with Crippen molar-refractivity contribution < 1.29 is 4.74 Å². The topological polar surface area (TPSA) is 51.4 Å². The molecule has 0 radical (unpaired) electrons. The van der Waals surface area contributed by atoms with E-state index >= 15 is 0 Å². The molecule has 0 saturated carbocycles. The van der Waals surface area contributed by atoms with Gasteiger partial charge in [-0.15, -0.1) is 0 Å². The number of pyridine rings is 1. The van der Waals surface area contributed by atoms with Crippen molar-refractivity contribution in [2.24, 2.45) is 5.73 Å². The van der Waals surface area contributed by atoms with Crippen LogP contribution in [-0.4, -0.2) is 31.8 Å². The summed E-state index contributed by atoms with van der Waals surface area (Å²) < 4.78 is 5.14. The van der Waals surface area contributed by atoms with Crippen molar-refractivity contribution in [3.63, 3.8) is 0 Å². The van der Waals surface area contributed by atoms with E-state index in [4.69, 9.17) is 10.5 Å². The van der Waals surface area contributed by atoms with Crippen LogP contribution < -0.4 is 10.6 Å². The molecule has 0 amide bonds. The Kier molecular flexibility index (Phi) is 5.38. The fourth-order valence-electron chi connectivity index (χ4n) is 1.64. The van der Waals surface area contributed by atoms with Gasteiger partial charge < -0.3 is 15.4 Å². The lowest BCUT2D eigenvalue weighted by atomic mass is 10.1. The highest BCUT2D eigenvalue weighted by Crippen LogP contribution is 2.17. The van der Waals surface area contributed by atoms with E-state index < -0.39 is 0 Å². The number of likely N-dealkylation sites (N-methyl/N-ethyl adjacent to an activating group) is 1. The van der Waals surface area contributed by atoms with Gasteiger partial charge in [0, 0.05) is 26.2 Å². The molecule has 1 aromatic heterocycles. The van der Waals surface area contributed by atoms with Crippen LogP contribution >= 0.6 is 0 Å². The van der Waals surface area contributed by atoms with Crippen LogP contribution in [0.2, 0.25) is 0 Å². The molecule has 1 unspecified atom stereocenters. The smallest absolute Gasteiger partial charge is 0.0663 e. The van der Waals surface area contributed by atoms with Gasteiger partial charge in [-0.2, -0.15) is 0 Å². The highest BCUT2D eigenvalue weighted by atomic mass is 16.5. The van der Waals surface area contributed by atoms with E-state index in [-0.39, 0.29) is 6.04 Å². The second-order valence-corrected chi connectivity index (χ2v) is 4.37. The van der Waals surface area contributed by atoms with Crippen molar-refractivity contribution in [2.45, 2.75) is 32.4 Å². The monoisotopic (exact) mass is 237 g/mol. The third-order valence-electron chi connectivity index (χ3n) is 3.07. The molecular weight excluding hydrogens is 214 g/mol. The Bertz CT molecular complexity index is 326. The van der Waals surface area contributed by atoms with Crippen LogP contribution in [0.25, 0.3) is 0 Å². The fraction of sp³-hybridized carbons (Fsp3) is 0.615. The summed E-state index contributed by atoms with van der Waals surface area (Å²) >= 11 is 0. The Morgan fingerprint density at radius 3 is 2.65 bits per heavy atom. The first-order chi connectivity index (χ1) is 8.10. The average molecular weight is 237 g/mol. The maximum absolute atomic E-state index is 5.93. The van der Waals surface area contributed by atoms with E-state index in [0.717, 1.165) is 17.8 Å². The summed E-state index contributed by atoms with van der Waals surface area (Å²) in [6.07, 6.45) is 2.78. The summed E-state index contributed by atoms with van der Waals surface area (Å²) in [6.45, 7) is 4.88. The molecule has 0 bridgehead atoms. The standard InChI is InChI=1S/C13H23N3O/c1-5-12(14)13-7-6-11(8-15-13)16(3)10(2)9-17-4/h6-8,10,12H,5,9,14H2,1-4H3/t10?,12-/m0/s1. The second-order valence-electron chi connectivity index (χ2n) is 4.37. The largest absolute Gasteiger partial charge is 0.383 e. The molecule has 96 valence electrons. The van der Waals surface area contributed by atoms with Gasteiger partial charge in [0.15, 0.2) is 0 Å². The lowest BCUT2D eigenvalue weighted by Gasteiger charge is -2.26. The molecule has 1 aromatic rings. The predicted octanol–water partition coefficient (Wildman–Crippen LogP) is 1.96. The number of nitrogens with zero attached hydrogens (tertiary/aromatic N) is 2. The molecule has 4 nitrogen and oxygen atoms in total. The normalized spacial score (nSPS) is 14.4. The molecule has 0 aliphatic rings. The van der Waals surface area contributed by atoms with E-state index in [1.165, 1.54) is 0 Å². The number of nitrogens with two attached hydrogens (primary N) is 1. The number of methoxy groups -OCH3 is 1. The third-order valence-corrected chi connectivity index (χ3v) is 3.07. The highest BCUT2D eigenvalue weighted by Gasteiger charge is 2.11. The van der Waals surface area contributed by atoms with Gasteiger partial charge in [0.05, 0.1) is 24.2 Å². The Morgan fingerprint density at radius 2 is 2.18 bits per heavy atom. The molecule has 1 rings (SSSR count). The van der Waals surface area contributed by atoms with Crippen LogP contribution in [0, 0.1) is 0 Å². The number of hydrogen-bond acceptors (Lipinski definition) is 4. The van der Waals surface area contributed by atoms with Gasteiger partial charge in [-0.3, -0.25) is 4.98 Å². The molecule has 1 heterocycles. The Labute approximate surface area is 104 Å². The summed E-state index contributed by atoms with van der Waals surface area (Å²) in [4.78, 5) is 6.56. The predicted molar refractivity (Wildman–Crippen MR) is 71.2 cm³/mol. The van der Waals surface area contributed by atoms with Crippen LogP contribution in [0.5, 0.6) is 0 Å². The van der Waals surface area contributed by atoms with Crippen LogP contribution in [0.1, 0.15) is 32.0 Å². The average Bonchev–Trinajstić information content (AvgIpc) is 2.37. The van der Waals surface area contributed by atoms with E-state index in [1.54, 1.807) is 7.11 Å². The maximum Gasteiger partial charge on any atom is 0.0663 e. The van der Waals surface area contributed by atoms with Crippen molar-refractivity contribution >= 4 is 5.69 Å². The highest BCUT2D eigenvalue weighted by molar-refractivity contribution is 5.44. The van der Waals surface area contributed by atoms with E-state index in [0.29, 0.717) is 12.6 Å². The molecule has 2 N–H and O–H groups in total. The van der Waals surface area contributed by atoms with Crippen molar-refractivity contribution in [1.82, 2.24) is 4.98 Å². The third kappa shape index (κ3) is 3.68. The van der Waals surface area contributed by atoms with Crippen LogP contribution in [-0.2, 0) is 4.74 Å². The van der Waals surface area contributed by atoms with Gasteiger partial charge in [0.1, 0.15) is 0 Å². The van der Waals surface area contributed by atoms with Gasteiger partial charge in [0.25, 0.3) is 0 Å². The van der Waals surface area contributed by atoms with E-state index in [9.17, 15) is 0 Å². The molecule has 17 heavy (non-hydrogen) atoms. The summed E-state index contributed by atoms with van der Waals surface area (Å²) in [5.41, 5.74) is 7.96. The molecule has 0 spiro atoms. The molecule has 0 fully saturated rings. The molecule has 0 aromatic carbocycles. The minimum atomic E-state index is 0.0331. The minimum absolute atomic E-state index is 0.0331. The lowest BCUT2D eigenvalue weighted by Crippen LogP contribution is -2.32. The number of rotatable bonds is 6.